The van der Waals surface area contributed by atoms with Crippen molar-refractivity contribution in [2.45, 2.75) is 58.6 Å². The molecule has 1 aliphatic carbocycles. The molecule has 5 heteroatoms. The van der Waals surface area contributed by atoms with Crippen LogP contribution in [0.2, 0.25) is 0 Å². The van der Waals surface area contributed by atoms with Gasteiger partial charge in [-0.2, -0.15) is 0 Å². The monoisotopic (exact) mass is 334 g/mol. The van der Waals surface area contributed by atoms with Crippen molar-refractivity contribution in [3.8, 4) is 0 Å². The fourth-order valence-electron chi connectivity index (χ4n) is 4.32. The van der Waals surface area contributed by atoms with E-state index in [0.29, 0.717) is 0 Å². The fourth-order valence-corrected chi connectivity index (χ4v) is 4.32. The van der Waals surface area contributed by atoms with Crippen LogP contribution in [-0.2, 0) is 11.3 Å². The number of hydrogen-bond donors (Lipinski definition) is 1. The molecule has 0 aromatic carbocycles. The molecular weight excluding hydrogens is 304 g/mol. The second-order valence-corrected chi connectivity index (χ2v) is 7.49. The molecule has 24 heavy (non-hydrogen) atoms. The smallest absolute Gasteiger partial charge is 0.255 e. The van der Waals surface area contributed by atoms with E-state index in [-0.39, 0.29) is 17.4 Å². The minimum Gasteiger partial charge on any atom is -0.393 e. The molecule has 1 saturated heterocycles. The fraction of sp³-hybridized carbons (Fsp3) is 0.737. The Kier molecular flexibility index (Phi) is 5.02. The number of aromatic nitrogens is 1. The molecule has 2 aliphatic rings. The van der Waals surface area contributed by atoms with Crippen molar-refractivity contribution in [1.82, 2.24) is 9.47 Å². The molecule has 1 atom stereocenters. The Bertz CT molecular complexity index is 600. The number of amides is 1. The van der Waals surface area contributed by atoms with E-state index in [1.54, 1.807) is 7.11 Å². The number of methoxy groups -OCH3 is 1. The summed E-state index contributed by atoms with van der Waals surface area (Å²) in [5.74, 6) is 0.143. The lowest BCUT2D eigenvalue weighted by atomic mass is 9.61. The number of ether oxygens (including phenoxy) is 1. The number of piperidine rings is 1. The first-order valence-corrected chi connectivity index (χ1v) is 9.11. The first kappa shape index (κ1) is 17.5. The van der Waals surface area contributed by atoms with E-state index in [0.717, 1.165) is 75.3 Å². The van der Waals surface area contributed by atoms with E-state index in [2.05, 4.69) is 11.5 Å². The molecule has 1 aromatic heterocycles. The lowest BCUT2D eigenvalue weighted by molar-refractivity contribution is -0.0952. The summed E-state index contributed by atoms with van der Waals surface area (Å²) >= 11 is 0. The minimum absolute atomic E-state index is 0.105. The Labute approximate surface area is 144 Å². The molecule has 1 aromatic rings. The van der Waals surface area contributed by atoms with E-state index in [9.17, 15) is 9.90 Å². The molecule has 134 valence electrons. The Morgan fingerprint density at radius 1 is 1.33 bits per heavy atom. The summed E-state index contributed by atoms with van der Waals surface area (Å²) in [5.41, 5.74) is 3.12. The third-order valence-electron chi connectivity index (χ3n) is 6.20. The summed E-state index contributed by atoms with van der Waals surface area (Å²) in [6.45, 7) is 7.25. The van der Waals surface area contributed by atoms with E-state index in [1.165, 1.54) is 0 Å². The van der Waals surface area contributed by atoms with E-state index in [4.69, 9.17) is 4.74 Å². The molecule has 1 unspecified atom stereocenters. The number of hydrogen-bond acceptors (Lipinski definition) is 3. The van der Waals surface area contributed by atoms with Gasteiger partial charge >= 0.3 is 0 Å². The number of nitrogens with zero attached hydrogens (tertiary/aromatic N) is 2. The first-order chi connectivity index (χ1) is 11.5. The highest BCUT2D eigenvalue weighted by molar-refractivity contribution is 5.95. The van der Waals surface area contributed by atoms with Crippen molar-refractivity contribution in [3.63, 3.8) is 0 Å². The summed E-state index contributed by atoms with van der Waals surface area (Å²) in [5, 5.41) is 10.0. The van der Waals surface area contributed by atoms with Gasteiger partial charge in [-0.25, -0.2) is 0 Å². The second kappa shape index (κ2) is 6.89. The summed E-state index contributed by atoms with van der Waals surface area (Å²) in [4.78, 5) is 14.9. The Balaban J connectivity index is 1.66. The molecule has 1 aliphatic heterocycles. The zero-order valence-corrected chi connectivity index (χ0v) is 15.2. The zero-order valence-electron chi connectivity index (χ0n) is 15.2. The first-order valence-electron chi connectivity index (χ1n) is 9.11. The molecular formula is C19H30N2O3. The van der Waals surface area contributed by atoms with Gasteiger partial charge in [0.05, 0.1) is 11.7 Å². The molecule has 3 rings (SSSR count). The van der Waals surface area contributed by atoms with Crippen LogP contribution in [0.4, 0.5) is 0 Å². The third-order valence-corrected chi connectivity index (χ3v) is 6.20. The number of likely N-dealkylation sites (tertiary alicyclic amines) is 1. The predicted molar refractivity (Wildman–Crippen MR) is 93.2 cm³/mol. The highest BCUT2D eigenvalue weighted by Crippen LogP contribution is 2.49. The van der Waals surface area contributed by atoms with E-state index >= 15 is 0 Å². The van der Waals surface area contributed by atoms with Crippen molar-refractivity contribution in [2.24, 2.45) is 5.41 Å². The van der Waals surface area contributed by atoms with Crippen molar-refractivity contribution < 1.29 is 14.6 Å². The van der Waals surface area contributed by atoms with Gasteiger partial charge in [-0.1, -0.05) is 0 Å². The average Bonchev–Trinajstić information content (AvgIpc) is 2.88. The standard InChI is InChI=1S/C19H30N2O3/c1-14-13-16(15(2)21(14)9-4-12-24-3)18(23)20-10-7-19(8-11-20)6-5-17(19)22/h13,17,22H,4-12H2,1-3H3. The predicted octanol–water partition coefficient (Wildman–Crippen LogP) is 2.52. The van der Waals surface area contributed by atoms with Crippen LogP contribution >= 0.6 is 0 Å². The molecule has 1 spiro atoms. The average molecular weight is 334 g/mol. The quantitative estimate of drug-likeness (QED) is 0.842. The highest BCUT2D eigenvalue weighted by Gasteiger charge is 2.47. The third kappa shape index (κ3) is 3.00. The van der Waals surface area contributed by atoms with Gasteiger partial charge in [0.25, 0.3) is 5.91 Å². The maximum Gasteiger partial charge on any atom is 0.255 e. The lowest BCUT2D eigenvalue weighted by Crippen LogP contribution is -2.53. The van der Waals surface area contributed by atoms with Crippen LogP contribution in [0.5, 0.6) is 0 Å². The van der Waals surface area contributed by atoms with Crippen LogP contribution in [0.1, 0.15) is 53.8 Å². The Morgan fingerprint density at radius 3 is 2.58 bits per heavy atom. The minimum atomic E-state index is -0.152. The van der Waals surface area contributed by atoms with Gasteiger partial charge in [0.2, 0.25) is 0 Å². The molecule has 1 N–H and O–H groups in total. The number of aliphatic hydroxyl groups excluding tert-OH is 1. The molecule has 2 fully saturated rings. The van der Waals surface area contributed by atoms with Gasteiger partial charge in [0.1, 0.15) is 0 Å². The van der Waals surface area contributed by atoms with Crippen LogP contribution in [-0.4, -0.2) is 53.4 Å². The number of carbonyl (C=O) groups excluding carboxylic acids is 1. The van der Waals surface area contributed by atoms with Crippen LogP contribution in [0.15, 0.2) is 6.07 Å². The Hall–Kier alpha value is -1.33. The zero-order chi connectivity index (χ0) is 17.3. The molecule has 1 amide bonds. The number of rotatable bonds is 5. The van der Waals surface area contributed by atoms with Crippen LogP contribution in [0.3, 0.4) is 0 Å². The van der Waals surface area contributed by atoms with Crippen LogP contribution < -0.4 is 0 Å². The van der Waals surface area contributed by atoms with Gasteiger partial charge in [0.15, 0.2) is 0 Å². The lowest BCUT2D eigenvalue weighted by Gasteiger charge is -2.51. The maximum absolute atomic E-state index is 12.9. The van der Waals surface area contributed by atoms with Crippen LogP contribution in [0, 0.1) is 19.3 Å². The van der Waals surface area contributed by atoms with Crippen molar-refractivity contribution in [2.75, 3.05) is 26.8 Å². The van der Waals surface area contributed by atoms with Crippen LogP contribution in [0.25, 0.3) is 0 Å². The van der Waals surface area contributed by atoms with Gasteiger partial charge < -0.3 is 19.3 Å². The normalized spacial score (nSPS) is 22.7. The summed E-state index contributed by atoms with van der Waals surface area (Å²) in [6, 6.07) is 2.02. The largest absolute Gasteiger partial charge is 0.393 e. The van der Waals surface area contributed by atoms with Gasteiger partial charge in [-0.3, -0.25) is 4.79 Å². The SMILES string of the molecule is COCCCn1c(C)cc(C(=O)N2CCC3(CCC3O)CC2)c1C. The molecule has 0 bridgehead atoms. The molecule has 2 heterocycles. The second-order valence-electron chi connectivity index (χ2n) is 7.49. The van der Waals surface area contributed by atoms with Gasteiger partial charge in [-0.15, -0.1) is 0 Å². The van der Waals surface area contributed by atoms with Gasteiger partial charge in [-0.05, 0) is 57.4 Å². The molecule has 1 saturated carbocycles. The Morgan fingerprint density at radius 2 is 2.04 bits per heavy atom. The molecule has 5 nitrogen and oxygen atoms in total. The molecule has 0 radical (unpaired) electrons. The van der Waals surface area contributed by atoms with Crippen molar-refractivity contribution >= 4 is 5.91 Å². The van der Waals surface area contributed by atoms with Crippen molar-refractivity contribution in [1.29, 1.82) is 0 Å². The number of aliphatic hydroxyl groups is 1. The van der Waals surface area contributed by atoms with E-state index < -0.39 is 0 Å². The maximum atomic E-state index is 12.9. The summed E-state index contributed by atoms with van der Waals surface area (Å²) in [6.07, 6.45) is 4.71. The summed E-state index contributed by atoms with van der Waals surface area (Å²) in [7, 11) is 1.71. The van der Waals surface area contributed by atoms with E-state index in [1.807, 2.05) is 17.9 Å². The summed E-state index contributed by atoms with van der Waals surface area (Å²) < 4.78 is 7.34. The highest BCUT2D eigenvalue weighted by atomic mass is 16.5. The topological polar surface area (TPSA) is 54.7 Å². The number of aryl methyl sites for hydroxylation is 1. The van der Waals surface area contributed by atoms with Gasteiger partial charge in [0, 0.05) is 44.7 Å². The van der Waals surface area contributed by atoms with Crippen molar-refractivity contribution in [3.05, 3.63) is 23.0 Å². The number of carbonyl (C=O) groups is 1.